The zero-order chi connectivity index (χ0) is 10.0. The van der Waals surface area contributed by atoms with Crippen molar-refractivity contribution in [2.75, 3.05) is 0 Å². The molecule has 1 aromatic rings. The Morgan fingerprint density at radius 2 is 2.38 bits per heavy atom. The summed E-state index contributed by atoms with van der Waals surface area (Å²) in [6.45, 7) is 1.62. The van der Waals surface area contributed by atoms with E-state index >= 15 is 0 Å². The minimum Gasteiger partial charge on any atom is -0.369 e. The molecule has 13 heavy (non-hydrogen) atoms. The van der Waals surface area contributed by atoms with Crippen LogP contribution in [0, 0.1) is 5.82 Å². The zero-order valence-corrected chi connectivity index (χ0v) is 8.51. The molecule has 0 aliphatic heterocycles. The molecule has 0 unspecified atom stereocenters. The largest absolute Gasteiger partial charge is 0.369 e. The summed E-state index contributed by atoms with van der Waals surface area (Å²) in [6, 6.07) is 1.25. The molecular weight excluding hydrogens is 239 g/mol. The monoisotopic (exact) mass is 246 g/mol. The molecule has 3 nitrogen and oxygen atoms in total. The number of nitrogens with two attached hydrogens (primary N) is 1. The molecule has 0 bridgehead atoms. The topological polar surface area (TPSA) is 56.0 Å². The molecule has 0 spiro atoms. The summed E-state index contributed by atoms with van der Waals surface area (Å²) >= 11 is 3.11. The first-order chi connectivity index (χ1) is 6.02. The quantitative estimate of drug-likeness (QED) is 0.862. The molecule has 0 aliphatic rings. The summed E-state index contributed by atoms with van der Waals surface area (Å²) < 4.78 is 13.1. The number of pyridine rings is 1. The number of amides is 1. The maximum atomic E-state index is 12.6. The van der Waals surface area contributed by atoms with Crippen LogP contribution >= 0.6 is 15.9 Å². The zero-order valence-electron chi connectivity index (χ0n) is 6.92. The Morgan fingerprint density at radius 3 is 2.85 bits per heavy atom. The molecule has 0 aliphatic carbocycles. The number of hydrogen-bond acceptors (Lipinski definition) is 2. The number of aromatic nitrogens is 1. The average molecular weight is 247 g/mol. The van der Waals surface area contributed by atoms with Gasteiger partial charge in [0.05, 0.1) is 17.8 Å². The highest BCUT2D eigenvalue weighted by atomic mass is 79.9. The molecule has 0 saturated carbocycles. The van der Waals surface area contributed by atoms with Gasteiger partial charge in [0.2, 0.25) is 5.91 Å². The van der Waals surface area contributed by atoms with Crippen molar-refractivity contribution in [2.45, 2.75) is 12.8 Å². The molecule has 1 heterocycles. The van der Waals surface area contributed by atoms with Gasteiger partial charge in [0.15, 0.2) is 0 Å². The summed E-state index contributed by atoms with van der Waals surface area (Å²) in [4.78, 5) is 14.6. The number of rotatable bonds is 2. The van der Waals surface area contributed by atoms with Crippen molar-refractivity contribution >= 4 is 21.8 Å². The van der Waals surface area contributed by atoms with Gasteiger partial charge in [-0.2, -0.15) is 0 Å². The van der Waals surface area contributed by atoms with Crippen molar-refractivity contribution in [1.29, 1.82) is 0 Å². The fourth-order valence-electron chi connectivity index (χ4n) is 0.879. The third-order valence-electron chi connectivity index (χ3n) is 1.67. The van der Waals surface area contributed by atoms with E-state index < -0.39 is 17.6 Å². The van der Waals surface area contributed by atoms with Gasteiger partial charge in [0, 0.05) is 4.47 Å². The van der Waals surface area contributed by atoms with E-state index in [0.717, 1.165) is 6.20 Å². The third kappa shape index (κ3) is 2.24. The summed E-state index contributed by atoms with van der Waals surface area (Å²) in [6.07, 6.45) is 1.06. The Bertz CT molecular complexity index is 343. The van der Waals surface area contributed by atoms with Crippen LogP contribution < -0.4 is 5.73 Å². The van der Waals surface area contributed by atoms with E-state index in [-0.39, 0.29) is 0 Å². The Hall–Kier alpha value is -0.970. The number of nitrogens with zero attached hydrogens (tertiary/aromatic N) is 1. The second-order valence-corrected chi connectivity index (χ2v) is 3.50. The number of primary amides is 1. The van der Waals surface area contributed by atoms with Gasteiger partial charge in [0.1, 0.15) is 5.82 Å². The molecular formula is C8H8BrFN2O. The minimum absolute atomic E-state index is 0.452. The standard InChI is InChI=1S/C8H8BrFN2O/c1-4(8(11)13)7-6(9)2-5(10)3-12-7/h2-4H,1H3,(H2,11,13)/t4-/m1/s1. The highest BCUT2D eigenvalue weighted by Gasteiger charge is 2.16. The van der Waals surface area contributed by atoms with E-state index in [1.54, 1.807) is 6.92 Å². The molecule has 1 rings (SSSR count). The van der Waals surface area contributed by atoms with Crippen molar-refractivity contribution in [3.05, 3.63) is 28.2 Å². The van der Waals surface area contributed by atoms with E-state index in [9.17, 15) is 9.18 Å². The number of carbonyl (C=O) groups is 1. The summed E-state index contributed by atoms with van der Waals surface area (Å²) in [7, 11) is 0. The first kappa shape index (κ1) is 10.1. The molecule has 0 fully saturated rings. The van der Waals surface area contributed by atoms with Crippen LogP contribution in [0.25, 0.3) is 0 Å². The molecule has 0 aromatic carbocycles. The van der Waals surface area contributed by atoms with Gasteiger partial charge < -0.3 is 5.73 Å². The highest BCUT2D eigenvalue weighted by molar-refractivity contribution is 9.10. The number of carbonyl (C=O) groups excluding carboxylic acids is 1. The normalized spacial score (nSPS) is 12.5. The fourth-order valence-corrected chi connectivity index (χ4v) is 1.54. The molecule has 2 N–H and O–H groups in total. The van der Waals surface area contributed by atoms with Gasteiger partial charge >= 0.3 is 0 Å². The van der Waals surface area contributed by atoms with Gasteiger partial charge in [-0.15, -0.1) is 0 Å². The van der Waals surface area contributed by atoms with E-state index in [1.165, 1.54) is 6.07 Å². The van der Waals surface area contributed by atoms with Crippen LogP contribution in [0.4, 0.5) is 4.39 Å². The van der Waals surface area contributed by atoms with Crippen molar-refractivity contribution < 1.29 is 9.18 Å². The van der Waals surface area contributed by atoms with Crippen molar-refractivity contribution in [2.24, 2.45) is 5.73 Å². The van der Waals surface area contributed by atoms with Crippen LogP contribution in [-0.2, 0) is 4.79 Å². The SMILES string of the molecule is C[C@@H](C(N)=O)c1ncc(F)cc1Br. The van der Waals surface area contributed by atoms with Crippen molar-refractivity contribution in [1.82, 2.24) is 4.98 Å². The molecule has 0 radical (unpaired) electrons. The van der Waals surface area contributed by atoms with Crippen LogP contribution in [0.3, 0.4) is 0 Å². The van der Waals surface area contributed by atoms with Crippen LogP contribution in [0.1, 0.15) is 18.5 Å². The maximum Gasteiger partial charge on any atom is 0.226 e. The lowest BCUT2D eigenvalue weighted by atomic mass is 10.1. The van der Waals surface area contributed by atoms with Gasteiger partial charge in [-0.1, -0.05) is 0 Å². The van der Waals surface area contributed by atoms with Crippen LogP contribution in [-0.4, -0.2) is 10.9 Å². The summed E-state index contributed by atoms with van der Waals surface area (Å²) in [5.41, 5.74) is 5.53. The predicted octanol–water partition coefficient (Wildman–Crippen LogP) is 1.57. The second kappa shape index (κ2) is 3.83. The number of hydrogen-bond donors (Lipinski definition) is 1. The lowest BCUT2D eigenvalue weighted by Crippen LogP contribution is -2.20. The third-order valence-corrected chi connectivity index (χ3v) is 2.31. The van der Waals surface area contributed by atoms with Crippen molar-refractivity contribution in [3.63, 3.8) is 0 Å². The predicted molar refractivity (Wildman–Crippen MR) is 49.5 cm³/mol. The first-order valence-corrected chi connectivity index (χ1v) is 4.42. The smallest absolute Gasteiger partial charge is 0.226 e. The average Bonchev–Trinajstić information content (AvgIpc) is 2.03. The minimum atomic E-state index is -0.519. The summed E-state index contributed by atoms with van der Waals surface area (Å²) in [5, 5.41) is 0. The van der Waals surface area contributed by atoms with Gasteiger partial charge in [-0.3, -0.25) is 9.78 Å². The Morgan fingerprint density at radius 1 is 1.77 bits per heavy atom. The van der Waals surface area contributed by atoms with Crippen LogP contribution in [0.15, 0.2) is 16.7 Å². The van der Waals surface area contributed by atoms with Gasteiger partial charge in [0.25, 0.3) is 0 Å². The molecule has 1 atom stereocenters. The van der Waals surface area contributed by atoms with Crippen LogP contribution in [0.2, 0.25) is 0 Å². The molecule has 5 heteroatoms. The molecule has 0 saturated heterocycles. The van der Waals surface area contributed by atoms with Gasteiger partial charge in [-0.25, -0.2) is 4.39 Å². The fraction of sp³-hybridized carbons (Fsp3) is 0.250. The number of halogens is 2. The van der Waals surface area contributed by atoms with E-state index in [4.69, 9.17) is 5.73 Å². The highest BCUT2D eigenvalue weighted by Crippen LogP contribution is 2.22. The summed E-state index contributed by atoms with van der Waals surface area (Å²) in [5.74, 6) is -1.46. The van der Waals surface area contributed by atoms with Crippen LogP contribution in [0.5, 0.6) is 0 Å². The van der Waals surface area contributed by atoms with Gasteiger partial charge in [-0.05, 0) is 28.9 Å². The first-order valence-electron chi connectivity index (χ1n) is 3.62. The Balaban J connectivity index is 3.08. The van der Waals surface area contributed by atoms with E-state index in [1.807, 2.05) is 0 Å². The second-order valence-electron chi connectivity index (χ2n) is 2.64. The Labute approximate surface area is 83.3 Å². The molecule has 1 amide bonds. The maximum absolute atomic E-state index is 12.6. The van der Waals surface area contributed by atoms with E-state index in [0.29, 0.717) is 10.2 Å². The van der Waals surface area contributed by atoms with E-state index in [2.05, 4.69) is 20.9 Å². The Kier molecular flexibility index (Phi) is 2.98. The lowest BCUT2D eigenvalue weighted by Gasteiger charge is -2.07. The lowest BCUT2D eigenvalue weighted by molar-refractivity contribution is -0.119. The van der Waals surface area contributed by atoms with Crippen molar-refractivity contribution in [3.8, 4) is 0 Å². The molecule has 70 valence electrons. The molecule has 1 aromatic heterocycles.